The second kappa shape index (κ2) is 8.63. The van der Waals surface area contributed by atoms with Crippen LogP contribution in [0.5, 0.6) is 11.5 Å². The summed E-state index contributed by atoms with van der Waals surface area (Å²) in [6.45, 7) is 0. The van der Waals surface area contributed by atoms with Gasteiger partial charge in [0, 0.05) is 35.8 Å². The van der Waals surface area contributed by atoms with E-state index in [1.54, 1.807) is 28.9 Å². The molecule has 190 valence electrons. The SMILES string of the molecule is Cn1c(C(=O)c2cnn3c2[nH]c2cc(Oc4cccc(F)c4F)ccc23)cc2c(-c3ccccn3)cccc21. The number of imidazole rings is 1. The zero-order valence-electron chi connectivity index (χ0n) is 20.5. The molecule has 0 radical (unpaired) electrons. The van der Waals surface area contributed by atoms with Crippen molar-refractivity contribution in [1.82, 2.24) is 24.1 Å². The minimum atomic E-state index is -1.06. The van der Waals surface area contributed by atoms with E-state index in [2.05, 4.69) is 15.1 Å². The molecule has 0 spiro atoms. The van der Waals surface area contributed by atoms with E-state index in [0.29, 0.717) is 33.7 Å². The topological polar surface area (TPSA) is 77.2 Å². The van der Waals surface area contributed by atoms with E-state index in [9.17, 15) is 13.6 Å². The van der Waals surface area contributed by atoms with Gasteiger partial charge in [-0.1, -0.05) is 24.3 Å². The number of halogens is 2. The molecule has 0 saturated heterocycles. The number of nitrogens with zero attached hydrogens (tertiary/aromatic N) is 4. The molecule has 0 aliphatic heterocycles. The van der Waals surface area contributed by atoms with Crippen LogP contribution in [-0.4, -0.2) is 29.9 Å². The summed E-state index contributed by atoms with van der Waals surface area (Å²) in [6, 6.07) is 22.3. The summed E-state index contributed by atoms with van der Waals surface area (Å²) in [7, 11) is 1.86. The smallest absolute Gasteiger partial charge is 0.214 e. The summed E-state index contributed by atoms with van der Waals surface area (Å²) >= 11 is 0. The van der Waals surface area contributed by atoms with Crippen molar-refractivity contribution in [2.24, 2.45) is 7.05 Å². The van der Waals surface area contributed by atoms with Crippen LogP contribution in [0.4, 0.5) is 8.78 Å². The molecule has 0 amide bonds. The molecule has 7 aromatic rings. The van der Waals surface area contributed by atoms with Crippen molar-refractivity contribution in [1.29, 1.82) is 0 Å². The normalized spacial score (nSPS) is 11.6. The molecule has 0 saturated carbocycles. The number of aromatic nitrogens is 5. The van der Waals surface area contributed by atoms with Crippen LogP contribution in [0, 0.1) is 11.6 Å². The highest BCUT2D eigenvalue weighted by Gasteiger charge is 2.23. The first-order valence-corrected chi connectivity index (χ1v) is 12.2. The number of ether oxygens (including phenoxy) is 1. The van der Waals surface area contributed by atoms with Crippen molar-refractivity contribution in [3.63, 3.8) is 0 Å². The molecule has 3 aromatic carbocycles. The van der Waals surface area contributed by atoms with Gasteiger partial charge in [-0.15, -0.1) is 0 Å². The Morgan fingerprint density at radius 1 is 0.949 bits per heavy atom. The molecule has 0 bridgehead atoms. The average molecular weight is 520 g/mol. The third-order valence-corrected chi connectivity index (χ3v) is 6.87. The minimum absolute atomic E-state index is 0.194. The lowest BCUT2D eigenvalue weighted by molar-refractivity contribution is 0.103. The number of pyridine rings is 1. The Hall–Kier alpha value is -5.31. The molecule has 7 rings (SSSR count). The third kappa shape index (κ3) is 3.58. The molecule has 0 atom stereocenters. The predicted octanol–water partition coefficient (Wildman–Crippen LogP) is 6.67. The maximum absolute atomic E-state index is 14.1. The number of carbonyl (C=O) groups is 1. The number of aryl methyl sites for hydroxylation is 1. The van der Waals surface area contributed by atoms with Gasteiger partial charge in [0.2, 0.25) is 11.6 Å². The fraction of sp³-hybridized carbons (Fsp3) is 0.0333. The van der Waals surface area contributed by atoms with Crippen molar-refractivity contribution >= 4 is 33.4 Å². The zero-order valence-corrected chi connectivity index (χ0v) is 20.5. The standard InChI is InChI=1S/C30H19F2N5O2/c1-36-24-9-4-6-18(22-8-2-3-13-33-22)19(24)15-26(36)29(38)20-16-34-37-25-12-11-17(14-23(25)35-30(20)37)39-27-10-5-7-21(31)28(27)32/h2-16,35H,1H3. The molecular weight excluding hydrogens is 500 g/mol. The van der Waals surface area contributed by atoms with Gasteiger partial charge >= 0.3 is 0 Å². The van der Waals surface area contributed by atoms with Crippen LogP contribution in [0.3, 0.4) is 0 Å². The Kier molecular flexibility index (Phi) is 5.06. The first kappa shape index (κ1) is 22.9. The number of aromatic amines is 1. The summed E-state index contributed by atoms with van der Waals surface area (Å²) in [5.74, 6) is -2.16. The highest BCUT2D eigenvalue weighted by Crippen LogP contribution is 2.32. The van der Waals surface area contributed by atoms with Gasteiger partial charge in [0.25, 0.3) is 0 Å². The molecule has 9 heteroatoms. The van der Waals surface area contributed by atoms with Crippen LogP contribution in [-0.2, 0) is 7.05 Å². The molecular formula is C30H19F2N5O2. The number of hydrogen-bond acceptors (Lipinski definition) is 4. The van der Waals surface area contributed by atoms with Gasteiger partial charge in [0.1, 0.15) is 11.4 Å². The Labute approximate surface area is 219 Å². The average Bonchev–Trinajstić information content (AvgIpc) is 3.63. The molecule has 0 aliphatic carbocycles. The van der Waals surface area contributed by atoms with Crippen molar-refractivity contribution < 1.29 is 18.3 Å². The second-order valence-corrected chi connectivity index (χ2v) is 9.15. The van der Waals surface area contributed by atoms with Gasteiger partial charge in [0.05, 0.1) is 34.2 Å². The van der Waals surface area contributed by atoms with Gasteiger partial charge in [0.15, 0.2) is 11.6 Å². The summed E-state index contributed by atoms with van der Waals surface area (Å²) in [4.78, 5) is 21.5. The van der Waals surface area contributed by atoms with E-state index in [1.165, 1.54) is 18.3 Å². The predicted molar refractivity (Wildman–Crippen MR) is 143 cm³/mol. The number of H-pyrrole nitrogens is 1. The molecule has 39 heavy (non-hydrogen) atoms. The summed E-state index contributed by atoms with van der Waals surface area (Å²) in [5, 5.41) is 5.36. The van der Waals surface area contributed by atoms with Gasteiger partial charge in [-0.05, 0) is 48.5 Å². The molecule has 7 nitrogen and oxygen atoms in total. The first-order chi connectivity index (χ1) is 19.0. The van der Waals surface area contributed by atoms with E-state index in [4.69, 9.17) is 4.74 Å². The molecule has 0 aliphatic rings. The Morgan fingerprint density at radius 3 is 2.67 bits per heavy atom. The van der Waals surface area contributed by atoms with E-state index in [0.717, 1.165) is 28.2 Å². The lowest BCUT2D eigenvalue weighted by Crippen LogP contribution is -2.06. The number of rotatable bonds is 5. The maximum atomic E-state index is 14.1. The first-order valence-electron chi connectivity index (χ1n) is 12.2. The van der Waals surface area contributed by atoms with E-state index in [1.807, 2.05) is 54.1 Å². The molecule has 4 heterocycles. The maximum Gasteiger partial charge on any atom is 0.214 e. The van der Waals surface area contributed by atoms with Crippen molar-refractivity contribution in [2.75, 3.05) is 0 Å². The lowest BCUT2D eigenvalue weighted by Gasteiger charge is -2.07. The van der Waals surface area contributed by atoms with Crippen molar-refractivity contribution in [3.8, 4) is 22.8 Å². The Morgan fingerprint density at radius 2 is 1.82 bits per heavy atom. The molecule has 1 N–H and O–H groups in total. The molecule has 0 unspecified atom stereocenters. The van der Waals surface area contributed by atoms with Crippen LogP contribution < -0.4 is 4.74 Å². The summed E-state index contributed by atoms with van der Waals surface area (Å²) in [5.41, 5.74) is 5.42. The van der Waals surface area contributed by atoms with E-state index in [-0.39, 0.29) is 11.5 Å². The highest BCUT2D eigenvalue weighted by atomic mass is 19.2. The number of hydrogen-bond donors (Lipinski definition) is 1. The lowest BCUT2D eigenvalue weighted by atomic mass is 10.1. The monoisotopic (exact) mass is 519 g/mol. The fourth-order valence-corrected chi connectivity index (χ4v) is 4.96. The van der Waals surface area contributed by atoms with Gasteiger partial charge < -0.3 is 14.3 Å². The van der Waals surface area contributed by atoms with Gasteiger partial charge in [-0.2, -0.15) is 9.49 Å². The van der Waals surface area contributed by atoms with Gasteiger partial charge in [-0.3, -0.25) is 9.78 Å². The third-order valence-electron chi connectivity index (χ3n) is 6.87. The van der Waals surface area contributed by atoms with Gasteiger partial charge in [-0.25, -0.2) is 8.91 Å². The molecule has 4 aromatic heterocycles. The van der Waals surface area contributed by atoms with E-state index < -0.39 is 11.6 Å². The minimum Gasteiger partial charge on any atom is -0.454 e. The van der Waals surface area contributed by atoms with Crippen LogP contribution in [0.25, 0.3) is 38.8 Å². The number of fused-ring (bicyclic) bond motifs is 4. The van der Waals surface area contributed by atoms with Crippen LogP contribution >= 0.6 is 0 Å². The van der Waals surface area contributed by atoms with Crippen LogP contribution in [0.15, 0.2) is 91.3 Å². The van der Waals surface area contributed by atoms with Crippen molar-refractivity contribution in [3.05, 3.63) is 114 Å². The van der Waals surface area contributed by atoms with Crippen LogP contribution in [0.1, 0.15) is 16.1 Å². The summed E-state index contributed by atoms with van der Waals surface area (Å²) < 4.78 is 36.8. The molecule has 0 fully saturated rings. The number of benzene rings is 3. The second-order valence-electron chi connectivity index (χ2n) is 9.15. The quantitative estimate of drug-likeness (QED) is 0.258. The van der Waals surface area contributed by atoms with Crippen molar-refractivity contribution in [2.45, 2.75) is 0 Å². The summed E-state index contributed by atoms with van der Waals surface area (Å²) in [6.07, 6.45) is 3.28. The number of ketones is 1. The van der Waals surface area contributed by atoms with Crippen LogP contribution in [0.2, 0.25) is 0 Å². The highest BCUT2D eigenvalue weighted by molar-refractivity contribution is 6.15. The number of carbonyl (C=O) groups excluding carboxylic acids is 1. The Bertz CT molecular complexity index is 2060. The van der Waals surface area contributed by atoms with E-state index >= 15 is 0 Å². The number of nitrogens with one attached hydrogen (secondary N) is 1. The fourth-order valence-electron chi connectivity index (χ4n) is 4.96. The largest absolute Gasteiger partial charge is 0.454 e. The Balaban J connectivity index is 1.29. The zero-order chi connectivity index (χ0) is 26.7.